The quantitative estimate of drug-likeness (QED) is 0.291. The topological polar surface area (TPSA) is 195 Å². The number of carboxylic acid groups (broad SMARTS) is 2. The van der Waals surface area contributed by atoms with Crippen molar-refractivity contribution in [1.82, 2.24) is 0 Å². The van der Waals surface area contributed by atoms with Gasteiger partial charge in [0.15, 0.2) is 11.4 Å². The van der Waals surface area contributed by atoms with Crippen LogP contribution in [0.1, 0.15) is 0 Å². The second-order valence-electron chi connectivity index (χ2n) is 1.62. The number of rotatable bonds is 2. The van der Waals surface area contributed by atoms with E-state index in [0.29, 0.717) is 0 Å². The first-order chi connectivity index (χ1) is 5.89. The SMILES string of the molecule is O=C([O-])P(=O)(O)O.O=C([O-])P(=O)(O)O.[Mg+2]. The molecule has 84 valence electrons. The summed E-state index contributed by atoms with van der Waals surface area (Å²) < 4.78 is 18.7. The molecule has 0 fully saturated rings. The van der Waals surface area contributed by atoms with Crippen LogP contribution in [-0.2, 0) is 9.13 Å². The third kappa shape index (κ3) is 14.0. The summed E-state index contributed by atoms with van der Waals surface area (Å²) in [6.45, 7) is 0. The monoisotopic (exact) mass is 274 g/mol. The van der Waals surface area contributed by atoms with Crippen LogP contribution in [0.2, 0.25) is 0 Å². The third-order valence-electron chi connectivity index (χ3n) is 0.476. The second kappa shape index (κ2) is 7.31. The number of hydrogen-bond acceptors (Lipinski definition) is 6. The number of carbonyl (C=O) groups is 2. The van der Waals surface area contributed by atoms with Crippen LogP contribution in [0.25, 0.3) is 0 Å². The van der Waals surface area contributed by atoms with Gasteiger partial charge in [-0.2, -0.15) is 0 Å². The van der Waals surface area contributed by atoms with Crippen molar-refractivity contribution in [2.24, 2.45) is 0 Å². The molecule has 0 saturated heterocycles. The molecule has 0 amide bonds. The van der Waals surface area contributed by atoms with E-state index in [-0.39, 0.29) is 23.1 Å². The summed E-state index contributed by atoms with van der Waals surface area (Å²) in [6.07, 6.45) is 0. The summed E-state index contributed by atoms with van der Waals surface area (Å²) >= 11 is 0. The van der Waals surface area contributed by atoms with Crippen LogP contribution in [0.3, 0.4) is 0 Å². The zero-order valence-electron chi connectivity index (χ0n) is 6.84. The van der Waals surface area contributed by atoms with Crippen LogP contribution < -0.4 is 10.2 Å². The molecule has 0 aliphatic heterocycles. The Bertz CT molecular complexity index is 277. The van der Waals surface area contributed by atoms with Crippen LogP contribution >= 0.6 is 15.2 Å². The van der Waals surface area contributed by atoms with Crippen molar-refractivity contribution < 1.29 is 48.5 Å². The van der Waals surface area contributed by atoms with Gasteiger partial charge in [-0.3, -0.25) is 9.13 Å². The third-order valence-corrected chi connectivity index (χ3v) is 1.43. The summed E-state index contributed by atoms with van der Waals surface area (Å²) in [4.78, 5) is 48.5. The molecule has 0 aliphatic carbocycles. The minimum Gasteiger partial charge on any atom is -0.538 e. The Balaban J connectivity index is -0.000000180. The summed E-state index contributed by atoms with van der Waals surface area (Å²) in [6, 6.07) is 0. The van der Waals surface area contributed by atoms with E-state index in [9.17, 15) is 9.13 Å². The summed E-state index contributed by atoms with van der Waals surface area (Å²) in [7, 11) is -9.86. The fraction of sp³-hybridized carbons (Fsp3) is 0. The maximum Gasteiger partial charge on any atom is 2.00 e. The zero-order valence-corrected chi connectivity index (χ0v) is 10.0. The minimum absolute atomic E-state index is 0. The van der Waals surface area contributed by atoms with Crippen molar-refractivity contribution >= 4 is 49.7 Å². The van der Waals surface area contributed by atoms with Gasteiger partial charge in [-0.05, 0) is 0 Å². The Hall–Kier alpha value is 0.00623. The van der Waals surface area contributed by atoms with Crippen LogP contribution in [0.15, 0.2) is 0 Å². The molecule has 4 N–H and O–H groups in total. The molecular formula is C2H4MgO10P2. The molecule has 0 radical (unpaired) electrons. The van der Waals surface area contributed by atoms with E-state index in [1.807, 2.05) is 0 Å². The van der Waals surface area contributed by atoms with Crippen LogP contribution in [-0.4, -0.2) is 54.0 Å². The average Bonchev–Trinajstić information content (AvgIpc) is 1.83. The van der Waals surface area contributed by atoms with E-state index in [1.165, 1.54) is 0 Å². The van der Waals surface area contributed by atoms with Gasteiger partial charge in [0, 0.05) is 0 Å². The van der Waals surface area contributed by atoms with Crippen LogP contribution in [0.4, 0.5) is 9.59 Å². The van der Waals surface area contributed by atoms with Crippen LogP contribution in [0.5, 0.6) is 0 Å². The minimum atomic E-state index is -4.93. The van der Waals surface area contributed by atoms with Gasteiger partial charge in [-0.1, -0.05) is 0 Å². The molecule has 0 bridgehead atoms. The molecule has 0 unspecified atom stereocenters. The van der Waals surface area contributed by atoms with Crippen molar-refractivity contribution in [3.05, 3.63) is 0 Å². The Morgan fingerprint density at radius 2 is 0.867 bits per heavy atom. The first kappa shape index (κ1) is 20.4. The van der Waals surface area contributed by atoms with Crippen LogP contribution in [0, 0.1) is 0 Å². The van der Waals surface area contributed by atoms with E-state index in [1.54, 1.807) is 0 Å². The van der Waals surface area contributed by atoms with Gasteiger partial charge in [0.05, 0.1) is 0 Å². The molecule has 0 heterocycles. The fourth-order valence-electron chi connectivity index (χ4n) is 0. The van der Waals surface area contributed by atoms with Gasteiger partial charge in [-0.25, -0.2) is 0 Å². The van der Waals surface area contributed by atoms with Crippen molar-refractivity contribution in [3.63, 3.8) is 0 Å². The van der Waals surface area contributed by atoms with Crippen molar-refractivity contribution in [2.45, 2.75) is 0 Å². The first-order valence-corrected chi connectivity index (χ1v) is 5.65. The van der Waals surface area contributed by atoms with Gasteiger partial charge in [-0.15, -0.1) is 0 Å². The molecule has 15 heavy (non-hydrogen) atoms. The molecule has 10 nitrogen and oxygen atoms in total. The van der Waals surface area contributed by atoms with E-state index in [0.717, 1.165) is 0 Å². The van der Waals surface area contributed by atoms with Crippen molar-refractivity contribution in [1.29, 1.82) is 0 Å². The van der Waals surface area contributed by atoms with Gasteiger partial charge >= 0.3 is 38.2 Å². The molecule has 13 heteroatoms. The predicted molar refractivity (Wildman–Crippen MR) is 40.6 cm³/mol. The van der Waals surface area contributed by atoms with E-state index in [4.69, 9.17) is 39.4 Å². The van der Waals surface area contributed by atoms with E-state index >= 15 is 0 Å². The van der Waals surface area contributed by atoms with Crippen molar-refractivity contribution in [2.75, 3.05) is 0 Å². The number of carbonyl (C=O) groups excluding carboxylic acids is 2. The molecule has 0 saturated carbocycles. The largest absolute Gasteiger partial charge is 2.00 e. The first-order valence-electron chi connectivity index (χ1n) is 2.43. The molecule has 0 rings (SSSR count). The molecule has 0 aromatic rings. The summed E-state index contributed by atoms with van der Waals surface area (Å²) in [5.74, 6) is 0. The normalized spacial score (nSPS) is 10.4. The Morgan fingerprint density at radius 1 is 0.800 bits per heavy atom. The molecular weight excluding hydrogens is 270 g/mol. The molecule has 0 aliphatic rings. The summed E-state index contributed by atoms with van der Waals surface area (Å²) in [5.41, 5.74) is -4.68. The Labute approximate surface area is 98.4 Å². The number of hydrogen-bond donors (Lipinski definition) is 4. The van der Waals surface area contributed by atoms with Crippen molar-refractivity contribution in [3.8, 4) is 0 Å². The van der Waals surface area contributed by atoms with Gasteiger partial charge in [0.1, 0.15) is 0 Å². The van der Waals surface area contributed by atoms with Gasteiger partial charge < -0.3 is 39.4 Å². The zero-order chi connectivity index (χ0) is 12.2. The molecule has 0 spiro atoms. The van der Waals surface area contributed by atoms with E-state index < -0.39 is 26.6 Å². The van der Waals surface area contributed by atoms with Gasteiger partial charge in [0.25, 0.3) is 0 Å². The molecule has 0 aromatic heterocycles. The molecule has 0 aromatic carbocycles. The fourth-order valence-corrected chi connectivity index (χ4v) is 0. The van der Waals surface area contributed by atoms with Gasteiger partial charge in [0.2, 0.25) is 0 Å². The summed E-state index contributed by atoms with van der Waals surface area (Å²) in [5, 5.41) is 18.3. The maximum absolute atomic E-state index is 9.36. The maximum atomic E-state index is 9.36. The predicted octanol–water partition coefficient (Wildman–Crippen LogP) is -3.37. The average molecular weight is 274 g/mol. The molecule has 0 atom stereocenters. The van der Waals surface area contributed by atoms with E-state index in [2.05, 4.69) is 0 Å². The Morgan fingerprint density at radius 3 is 0.867 bits per heavy atom. The standard InChI is InChI=1S/2CH3O5P.Mg/c2*2-1(3)7(4,5)6;/h2*(H,2,3)(H2,4,5,6);/q;;+2/p-2. The Kier molecular flexibility index (Phi) is 9.95. The smallest absolute Gasteiger partial charge is 0.538 e. The second-order valence-corrected chi connectivity index (χ2v) is 4.53.